The zero-order chi connectivity index (χ0) is 19.7. The number of hydrogen-bond donors (Lipinski definition) is 2. The van der Waals surface area contributed by atoms with Gasteiger partial charge in [-0.3, -0.25) is 9.59 Å². The Morgan fingerprint density at radius 2 is 2.07 bits per heavy atom. The molecular weight excluding hydrogens is 393 g/mol. The Morgan fingerprint density at radius 1 is 1.33 bits per heavy atom. The molecule has 0 aliphatic carbocycles. The summed E-state index contributed by atoms with van der Waals surface area (Å²) in [6.07, 6.45) is 0.323. The van der Waals surface area contributed by atoms with Crippen LogP contribution >= 0.6 is 23.2 Å². The molecule has 1 aliphatic heterocycles. The molecule has 1 aliphatic rings. The summed E-state index contributed by atoms with van der Waals surface area (Å²) < 4.78 is 6.40. The molecule has 3 rings (SSSR count). The molecule has 0 saturated heterocycles. The maximum Gasteiger partial charge on any atom is 0.355 e. The van der Waals surface area contributed by atoms with Gasteiger partial charge in [0.15, 0.2) is 6.61 Å². The van der Waals surface area contributed by atoms with Crippen LogP contribution in [0.3, 0.4) is 0 Å². The zero-order valence-electron chi connectivity index (χ0n) is 14.6. The molecule has 2 N–H and O–H groups in total. The summed E-state index contributed by atoms with van der Waals surface area (Å²) in [5, 5.41) is 5.96. The third-order valence-electron chi connectivity index (χ3n) is 4.29. The number of carbonyl (C=O) groups excluding carboxylic acids is 3. The minimum absolute atomic E-state index is 0.0494. The number of aromatic nitrogens is 1. The molecule has 27 heavy (non-hydrogen) atoms. The number of fused-ring (bicyclic) bond motifs is 1. The Labute approximate surface area is 165 Å². The molecule has 142 valence electrons. The van der Waals surface area contributed by atoms with E-state index in [2.05, 4.69) is 10.6 Å². The van der Waals surface area contributed by atoms with Crippen LogP contribution in [0.15, 0.2) is 24.3 Å². The first-order valence-corrected chi connectivity index (χ1v) is 8.91. The SMILES string of the molecule is CC(NC(=O)COC(=O)c1cc(Cl)c(Cl)n1C)c1ccc2c(c1)CC(=O)N2. The Hall–Kier alpha value is -2.51. The number of nitrogens with zero attached hydrogens (tertiary/aromatic N) is 1. The van der Waals surface area contributed by atoms with Gasteiger partial charge >= 0.3 is 5.97 Å². The number of carbonyl (C=O) groups is 3. The molecule has 1 atom stereocenters. The number of anilines is 1. The molecule has 1 unspecified atom stereocenters. The summed E-state index contributed by atoms with van der Waals surface area (Å²) in [5.74, 6) is -1.19. The van der Waals surface area contributed by atoms with Crippen molar-refractivity contribution in [2.24, 2.45) is 7.05 Å². The first-order valence-electron chi connectivity index (χ1n) is 8.16. The maximum atomic E-state index is 12.1. The first-order chi connectivity index (χ1) is 12.8. The van der Waals surface area contributed by atoms with Crippen LogP contribution in [0.25, 0.3) is 0 Å². The van der Waals surface area contributed by atoms with Crippen molar-refractivity contribution in [2.75, 3.05) is 11.9 Å². The molecule has 2 aromatic rings. The highest BCUT2D eigenvalue weighted by molar-refractivity contribution is 6.41. The van der Waals surface area contributed by atoms with Gasteiger partial charge in [-0.1, -0.05) is 35.3 Å². The van der Waals surface area contributed by atoms with Gasteiger partial charge in [-0.25, -0.2) is 4.79 Å². The molecular formula is C18H17Cl2N3O4. The number of halogens is 2. The zero-order valence-corrected chi connectivity index (χ0v) is 16.1. The second kappa shape index (κ2) is 7.62. The van der Waals surface area contributed by atoms with E-state index in [1.165, 1.54) is 10.6 Å². The number of esters is 1. The second-order valence-electron chi connectivity index (χ2n) is 6.23. The quantitative estimate of drug-likeness (QED) is 0.742. The topological polar surface area (TPSA) is 89.4 Å². The lowest BCUT2D eigenvalue weighted by atomic mass is 10.0. The summed E-state index contributed by atoms with van der Waals surface area (Å²) >= 11 is 11.8. The normalized spacial score (nSPS) is 13.7. The van der Waals surface area contributed by atoms with Gasteiger partial charge in [-0.15, -0.1) is 0 Å². The van der Waals surface area contributed by atoms with Gasteiger partial charge in [-0.2, -0.15) is 0 Å². The smallest absolute Gasteiger partial charge is 0.355 e. The van der Waals surface area contributed by atoms with E-state index in [1.807, 2.05) is 19.1 Å². The van der Waals surface area contributed by atoms with Crippen molar-refractivity contribution in [1.29, 1.82) is 0 Å². The van der Waals surface area contributed by atoms with Crippen molar-refractivity contribution in [3.05, 3.63) is 51.3 Å². The molecule has 2 heterocycles. The average molecular weight is 410 g/mol. The lowest BCUT2D eigenvalue weighted by Gasteiger charge is -2.15. The minimum Gasteiger partial charge on any atom is -0.451 e. The maximum absolute atomic E-state index is 12.1. The lowest BCUT2D eigenvalue weighted by Crippen LogP contribution is -2.31. The van der Waals surface area contributed by atoms with E-state index < -0.39 is 18.5 Å². The van der Waals surface area contributed by atoms with Gasteiger partial charge in [0.25, 0.3) is 5.91 Å². The summed E-state index contributed by atoms with van der Waals surface area (Å²) in [6.45, 7) is 1.37. The number of ether oxygens (including phenoxy) is 1. The molecule has 1 aromatic carbocycles. The van der Waals surface area contributed by atoms with E-state index in [0.29, 0.717) is 6.42 Å². The van der Waals surface area contributed by atoms with Crippen molar-refractivity contribution in [2.45, 2.75) is 19.4 Å². The molecule has 0 radical (unpaired) electrons. The van der Waals surface area contributed by atoms with Gasteiger partial charge in [0, 0.05) is 12.7 Å². The van der Waals surface area contributed by atoms with Crippen LogP contribution in [0.5, 0.6) is 0 Å². The van der Waals surface area contributed by atoms with Crippen LogP contribution in [-0.2, 0) is 27.8 Å². The third kappa shape index (κ3) is 4.09. The summed E-state index contributed by atoms with van der Waals surface area (Å²) in [5.41, 5.74) is 2.69. The van der Waals surface area contributed by atoms with Crippen molar-refractivity contribution in [3.63, 3.8) is 0 Å². The Balaban J connectivity index is 1.56. The molecule has 0 saturated carbocycles. The largest absolute Gasteiger partial charge is 0.451 e. The minimum atomic E-state index is -0.698. The van der Waals surface area contributed by atoms with Gasteiger partial charge in [0.1, 0.15) is 10.8 Å². The van der Waals surface area contributed by atoms with Crippen molar-refractivity contribution >= 4 is 46.7 Å². The van der Waals surface area contributed by atoms with Crippen molar-refractivity contribution in [3.8, 4) is 0 Å². The van der Waals surface area contributed by atoms with E-state index in [-0.39, 0.29) is 27.8 Å². The van der Waals surface area contributed by atoms with Crippen LogP contribution < -0.4 is 10.6 Å². The fourth-order valence-electron chi connectivity index (χ4n) is 2.83. The fraction of sp³-hybridized carbons (Fsp3) is 0.278. The van der Waals surface area contributed by atoms with E-state index in [1.54, 1.807) is 13.1 Å². The molecule has 0 bridgehead atoms. The van der Waals surface area contributed by atoms with E-state index >= 15 is 0 Å². The van der Waals surface area contributed by atoms with E-state index in [9.17, 15) is 14.4 Å². The standard InChI is InChI=1S/C18H17Cl2N3O4/c1-9(10-3-4-13-11(5-10)6-15(24)22-13)21-16(25)8-27-18(26)14-7-12(19)17(20)23(14)2/h3-5,7,9H,6,8H2,1-2H3,(H,21,25)(H,22,24). The molecule has 2 amide bonds. The predicted octanol–water partition coefficient (Wildman–Crippen LogP) is 2.86. The number of nitrogens with one attached hydrogen (secondary N) is 2. The van der Waals surface area contributed by atoms with Crippen molar-refractivity contribution < 1.29 is 19.1 Å². The predicted molar refractivity (Wildman–Crippen MR) is 101 cm³/mol. The Kier molecular flexibility index (Phi) is 5.43. The molecule has 1 aromatic heterocycles. The van der Waals surface area contributed by atoms with E-state index in [4.69, 9.17) is 27.9 Å². The molecule has 0 fully saturated rings. The Morgan fingerprint density at radius 3 is 2.74 bits per heavy atom. The monoisotopic (exact) mass is 409 g/mol. The van der Waals surface area contributed by atoms with Crippen LogP contribution in [0.4, 0.5) is 5.69 Å². The van der Waals surface area contributed by atoms with Gasteiger partial charge in [0.2, 0.25) is 5.91 Å². The molecule has 7 nitrogen and oxygen atoms in total. The Bertz CT molecular complexity index is 939. The lowest BCUT2D eigenvalue weighted by molar-refractivity contribution is -0.124. The first kappa shape index (κ1) is 19.3. The average Bonchev–Trinajstić information content (AvgIpc) is 3.12. The summed E-state index contributed by atoms with van der Waals surface area (Å²) in [7, 11) is 1.57. The molecule has 0 spiro atoms. The van der Waals surface area contributed by atoms with Gasteiger partial charge in [0.05, 0.1) is 17.5 Å². The number of amides is 2. The number of rotatable bonds is 5. The second-order valence-corrected chi connectivity index (χ2v) is 7.00. The van der Waals surface area contributed by atoms with Crippen molar-refractivity contribution in [1.82, 2.24) is 9.88 Å². The number of hydrogen-bond acceptors (Lipinski definition) is 4. The van der Waals surface area contributed by atoms with Crippen LogP contribution in [0, 0.1) is 0 Å². The van der Waals surface area contributed by atoms with Crippen LogP contribution in [0.1, 0.15) is 34.6 Å². The highest BCUT2D eigenvalue weighted by atomic mass is 35.5. The third-order valence-corrected chi connectivity index (χ3v) is 5.13. The summed E-state index contributed by atoms with van der Waals surface area (Å²) in [6, 6.07) is 6.58. The summed E-state index contributed by atoms with van der Waals surface area (Å²) in [4.78, 5) is 35.6. The van der Waals surface area contributed by atoms with Gasteiger partial charge < -0.3 is 19.9 Å². The van der Waals surface area contributed by atoms with Crippen LogP contribution in [0.2, 0.25) is 10.2 Å². The fourth-order valence-corrected chi connectivity index (χ4v) is 3.20. The van der Waals surface area contributed by atoms with Gasteiger partial charge in [-0.05, 0) is 30.2 Å². The highest BCUT2D eigenvalue weighted by Gasteiger charge is 2.21. The molecule has 9 heteroatoms. The number of benzene rings is 1. The van der Waals surface area contributed by atoms with E-state index in [0.717, 1.165) is 16.8 Å². The highest BCUT2D eigenvalue weighted by Crippen LogP contribution is 2.27. The van der Waals surface area contributed by atoms with Crippen LogP contribution in [-0.4, -0.2) is 29.0 Å².